The van der Waals surface area contributed by atoms with E-state index < -0.39 is 0 Å². The van der Waals surface area contributed by atoms with Crippen LogP contribution >= 0.6 is 0 Å². The smallest absolute Gasteiger partial charge is 0.271 e. The molecule has 0 bridgehead atoms. The molecule has 0 saturated heterocycles. The molecule has 0 fully saturated rings. The zero-order valence-corrected chi connectivity index (χ0v) is 17.0. The third-order valence-electron chi connectivity index (χ3n) is 5.22. The Labute approximate surface area is 170 Å². The van der Waals surface area contributed by atoms with Gasteiger partial charge in [0.05, 0.1) is 7.11 Å². The topological polar surface area (TPSA) is 70.2 Å². The lowest BCUT2D eigenvalue weighted by Gasteiger charge is -2.15. The normalized spacial score (nSPS) is 16.3. The fourth-order valence-electron chi connectivity index (χ4n) is 3.81. The summed E-state index contributed by atoms with van der Waals surface area (Å²) in [7, 11) is 5.76. The Balaban J connectivity index is 1.65. The van der Waals surface area contributed by atoms with Gasteiger partial charge in [0.1, 0.15) is 17.3 Å². The standard InChI is InChI=1S/C23H26N4O2/c1-27(2)14-15-6-4-8-17(10-15)22-25-20-12-18(13-24-23(28)21(20)26-22)16-7-5-9-19(11-16)29-3/h4-11,18H,12-14H2,1-3H3,(H,24,28)(H,25,26)/t18-/m0/s1. The molecule has 1 amide bonds. The first-order valence-corrected chi connectivity index (χ1v) is 9.78. The van der Waals surface area contributed by atoms with Gasteiger partial charge in [0.15, 0.2) is 0 Å². The Kier molecular flexibility index (Phi) is 5.36. The lowest BCUT2D eigenvalue weighted by atomic mass is 9.94. The molecule has 6 heteroatoms. The minimum atomic E-state index is -0.127. The van der Waals surface area contributed by atoms with Crippen LogP contribution in [0.4, 0.5) is 0 Å². The van der Waals surface area contributed by atoms with E-state index in [1.807, 2.05) is 44.4 Å². The average Bonchev–Trinajstić information content (AvgIpc) is 3.08. The summed E-state index contributed by atoms with van der Waals surface area (Å²) in [5.41, 5.74) is 4.70. The van der Waals surface area contributed by atoms with Gasteiger partial charge in [-0.3, -0.25) is 4.79 Å². The van der Waals surface area contributed by atoms with Gasteiger partial charge in [0.25, 0.3) is 5.91 Å². The second-order valence-corrected chi connectivity index (χ2v) is 7.74. The molecule has 0 saturated carbocycles. The molecule has 1 aliphatic rings. The first-order chi connectivity index (χ1) is 14.0. The first-order valence-electron chi connectivity index (χ1n) is 9.78. The molecule has 0 aliphatic carbocycles. The number of amides is 1. The number of hydrogen-bond acceptors (Lipinski definition) is 4. The number of fused-ring (bicyclic) bond motifs is 1. The lowest BCUT2D eigenvalue weighted by Crippen LogP contribution is -2.26. The van der Waals surface area contributed by atoms with Crippen LogP contribution in [0.15, 0.2) is 48.5 Å². The van der Waals surface area contributed by atoms with E-state index in [9.17, 15) is 4.79 Å². The van der Waals surface area contributed by atoms with Crippen molar-refractivity contribution >= 4 is 5.91 Å². The number of imidazole rings is 1. The van der Waals surface area contributed by atoms with Crippen molar-refractivity contribution in [1.82, 2.24) is 20.2 Å². The zero-order chi connectivity index (χ0) is 20.4. The summed E-state index contributed by atoms with van der Waals surface area (Å²) in [6.45, 7) is 1.43. The van der Waals surface area contributed by atoms with Crippen LogP contribution in [0, 0.1) is 0 Å². The maximum Gasteiger partial charge on any atom is 0.271 e. The number of ether oxygens (including phenoxy) is 1. The first kappa shape index (κ1) is 19.2. The summed E-state index contributed by atoms with van der Waals surface area (Å²) in [5, 5.41) is 3.02. The van der Waals surface area contributed by atoms with Crippen LogP contribution in [0.2, 0.25) is 0 Å². The number of hydrogen-bond donors (Lipinski definition) is 2. The quantitative estimate of drug-likeness (QED) is 0.702. The summed E-state index contributed by atoms with van der Waals surface area (Å²) in [5.74, 6) is 1.58. The Morgan fingerprint density at radius 2 is 2.00 bits per heavy atom. The van der Waals surface area contributed by atoms with E-state index in [1.54, 1.807) is 7.11 Å². The van der Waals surface area contributed by atoms with E-state index in [0.717, 1.165) is 34.9 Å². The van der Waals surface area contributed by atoms with Crippen LogP contribution in [-0.4, -0.2) is 48.5 Å². The summed E-state index contributed by atoms with van der Waals surface area (Å²) >= 11 is 0. The molecule has 1 aliphatic heterocycles. The highest BCUT2D eigenvalue weighted by molar-refractivity contribution is 5.94. The highest BCUT2D eigenvalue weighted by atomic mass is 16.5. The molecule has 2 heterocycles. The number of aromatic amines is 1. The molecule has 29 heavy (non-hydrogen) atoms. The summed E-state index contributed by atoms with van der Waals surface area (Å²) in [6, 6.07) is 16.3. The Morgan fingerprint density at radius 3 is 2.79 bits per heavy atom. The van der Waals surface area contributed by atoms with Crippen molar-refractivity contribution in [3.63, 3.8) is 0 Å². The monoisotopic (exact) mass is 390 g/mol. The molecular formula is C23H26N4O2. The van der Waals surface area contributed by atoms with Gasteiger partial charge in [-0.1, -0.05) is 30.3 Å². The minimum Gasteiger partial charge on any atom is -0.497 e. The van der Waals surface area contributed by atoms with Crippen molar-refractivity contribution in [3.05, 3.63) is 71.0 Å². The van der Waals surface area contributed by atoms with Gasteiger partial charge in [0, 0.05) is 30.3 Å². The van der Waals surface area contributed by atoms with Crippen LogP contribution in [0.3, 0.4) is 0 Å². The summed E-state index contributed by atoms with van der Waals surface area (Å²) in [4.78, 5) is 22.8. The average molecular weight is 390 g/mol. The molecule has 0 radical (unpaired) electrons. The van der Waals surface area contributed by atoms with Crippen LogP contribution in [0.1, 0.15) is 33.2 Å². The molecule has 0 unspecified atom stereocenters. The van der Waals surface area contributed by atoms with Gasteiger partial charge in [-0.15, -0.1) is 0 Å². The van der Waals surface area contributed by atoms with E-state index in [1.165, 1.54) is 5.56 Å². The zero-order valence-electron chi connectivity index (χ0n) is 17.0. The third kappa shape index (κ3) is 4.17. The highest BCUT2D eigenvalue weighted by Gasteiger charge is 2.26. The number of carbonyl (C=O) groups is 1. The van der Waals surface area contributed by atoms with Gasteiger partial charge in [-0.05, 0) is 49.8 Å². The number of H-pyrrole nitrogens is 1. The maximum absolute atomic E-state index is 12.6. The van der Waals surface area contributed by atoms with Gasteiger partial charge in [-0.2, -0.15) is 0 Å². The van der Waals surface area contributed by atoms with Crippen molar-refractivity contribution in [3.8, 4) is 17.1 Å². The molecule has 2 aromatic carbocycles. The molecule has 3 aromatic rings. The maximum atomic E-state index is 12.6. The van der Waals surface area contributed by atoms with Crippen LogP contribution in [-0.2, 0) is 13.0 Å². The van der Waals surface area contributed by atoms with Crippen molar-refractivity contribution in [2.45, 2.75) is 18.9 Å². The predicted octanol–water partition coefficient (Wildman–Crippen LogP) is 3.22. The number of benzene rings is 2. The predicted molar refractivity (Wildman–Crippen MR) is 113 cm³/mol. The molecule has 2 N–H and O–H groups in total. The van der Waals surface area contributed by atoms with Crippen LogP contribution in [0.5, 0.6) is 5.75 Å². The molecule has 1 aromatic heterocycles. The molecule has 4 rings (SSSR count). The highest BCUT2D eigenvalue weighted by Crippen LogP contribution is 2.28. The van der Waals surface area contributed by atoms with Crippen molar-refractivity contribution in [1.29, 1.82) is 0 Å². The van der Waals surface area contributed by atoms with E-state index in [2.05, 4.69) is 38.4 Å². The molecule has 0 spiro atoms. The molecule has 150 valence electrons. The third-order valence-corrected chi connectivity index (χ3v) is 5.22. The lowest BCUT2D eigenvalue weighted by molar-refractivity contribution is 0.0950. The fourth-order valence-corrected chi connectivity index (χ4v) is 3.81. The van der Waals surface area contributed by atoms with E-state index >= 15 is 0 Å². The summed E-state index contributed by atoms with van der Waals surface area (Å²) in [6.07, 6.45) is 0.714. The SMILES string of the molecule is COc1cccc([C@@H]2CNC(=O)c3nc(-c4cccc(CN(C)C)c4)[nH]c3C2)c1. The van der Waals surface area contributed by atoms with Crippen molar-refractivity contribution < 1.29 is 9.53 Å². The van der Waals surface area contributed by atoms with Gasteiger partial charge < -0.3 is 19.9 Å². The Morgan fingerprint density at radius 1 is 1.17 bits per heavy atom. The number of nitrogens with one attached hydrogen (secondary N) is 2. The molecule has 1 atom stereocenters. The minimum absolute atomic E-state index is 0.127. The Bertz CT molecular complexity index is 1030. The molecular weight excluding hydrogens is 364 g/mol. The molecule has 6 nitrogen and oxygen atoms in total. The van der Waals surface area contributed by atoms with Crippen molar-refractivity contribution in [2.24, 2.45) is 0 Å². The van der Waals surface area contributed by atoms with Gasteiger partial charge in [0.2, 0.25) is 0 Å². The number of methoxy groups -OCH3 is 1. The number of rotatable bonds is 5. The van der Waals surface area contributed by atoms with E-state index in [4.69, 9.17) is 4.74 Å². The van der Waals surface area contributed by atoms with Crippen LogP contribution in [0.25, 0.3) is 11.4 Å². The number of aromatic nitrogens is 2. The van der Waals surface area contributed by atoms with Gasteiger partial charge >= 0.3 is 0 Å². The second kappa shape index (κ2) is 8.09. The number of nitrogens with zero attached hydrogens (tertiary/aromatic N) is 2. The van der Waals surface area contributed by atoms with E-state index in [0.29, 0.717) is 18.7 Å². The Hall–Kier alpha value is -3.12. The fraction of sp³-hybridized carbons (Fsp3) is 0.304. The van der Waals surface area contributed by atoms with E-state index in [-0.39, 0.29) is 11.8 Å². The van der Waals surface area contributed by atoms with Gasteiger partial charge in [-0.25, -0.2) is 4.98 Å². The largest absolute Gasteiger partial charge is 0.497 e. The second-order valence-electron chi connectivity index (χ2n) is 7.74. The summed E-state index contributed by atoms with van der Waals surface area (Å²) < 4.78 is 5.36. The van der Waals surface area contributed by atoms with Crippen molar-refractivity contribution in [2.75, 3.05) is 27.7 Å². The number of carbonyl (C=O) groups excluding carboxylic acids is 1. The van der Waals surface area contributed by atoms with Crippen LogP contribution < -0.4 is 10.1 Å².